The van der Waals surface area contributed by atoms with Crippen molar-refractivity contribution in [3.63, 3.8) is 0 Å². The second kappa shape index (κ2) is 15.6. The Morgan fingerprint density at radius 3 is 1.44 bits per heavy atom. The van der Waals surface area contributed by atoms with Crippen LogP contribution in [-0.4, -0.2) is 0 Å². The van der Waals surface area contributed by atoms with Gasteiger partial charge in [0.25, 0.3) is 0 Å². The molecule has 0 aliphatic heterocycles. The first-order valence-electron chi connectivity index (χ1n) is 3.55. The highest BCUT2D eigenvalue weighted by molar-refractivity contribution is 4.77. The third-order valence-electron chi connectivity index (χ3n) is 0.638. The van der Waals surface area contributed by atoms with Gasteiger partial charge in [-0.3, -0.25) is 0 Å². The lowest BCUT2D eigenvalue weighted by atomic mass is 10.4. The molecule has 0 amide bonds. The van der Waals surface area contributed by atoms with Crippen molar-refractivity contribution in [2.75, 3.05) is 0 Å². The Morgan fingerprint density at radius 1 is 1.11 bits per heavy atom. The van der Waals surface area contributed by atoms with Gasteiger partial charge >= 0.3 is 0 Å². The number of rotatable bonds is 2. The van der Waals surface area contributed by atoms with Gasteiger partial charge in [0.2, 0.25) is 0 Å². The highest BCUT2D eigenvalue weighted by Crippen LogP contribution is 1.81. The van der Waals surface area contributed by atoms with Crippen LogP contribution in [-0.2, 0) is 0 Å². The van der Waals surface area contributed by atoms with Gasteiger partial charge in [-0.25, -0.2) is 0 Å². The van der Waals surface area contributed by atoms with Gasteiger partial charge in [0.15, 0.2) is 0 Å². The van der Waals surface area contributed by atoms with Crippen molar-refractivity contribution in [3.8, 4) is 0 Å². The van der Waals surface area contributed by atoms with Crippen molar-refractivity contribution >= 4 is 0 Å². The zero-order valence-corrected chi connectivity index (χ0v) is 6.85. The fraction of sp³-hybridized carbons (Fsp3) is 0.556. The molecule has 0 unspecified atom stereocenters. The fourth-order valence-corrected chi connectivity index (χ4v) is 0.333. The van der Waals surface area contributed by atoms with Gasteiger partial charge in [0, 0.05) is 0 Å². The van der Waals surface area contributed by atoms with Gasteiger partial charge < -0.3 is 0 Å². The van der Waals surface area contributed by atoms with Gasteiger partial charge in [0.1, 0.15) is 0 Å². The Kier molecular flexibility index (Phi) is 19.6. The lowest BCUT2D eigenvalue weighted by molar-refractivity contribution is 1.16. The molecule has 0 atom stereocenters. The standard InChI is InChI=1S/C6H12.C3H6/c1-3-5-6-4-2;1-3-2/h5-6H,3-4H2,1-2H3;3H,1H2,2H3/b6-5+;. The predicted molar refractivity (Wildman–Crippen MR) is 45.6 cm³/mol. The number of hydrogen-bond donors (Lipinski definition) is 0. The average molecular weight is 126 g/mol. The lowest BCUT2D eigenvalue weighted by Gasteiger charge is -1.72. The van der Waals surface area contributed by atoms with E-state index in [1.807, 2.05) is 6.92 Å². The molecule has 0 saturated carbocycles. The van der Waals surface area contributed by atoms with Crippen molar-refractivity contribution < 1.29 is 0 Å². The number of hydrogen-bond acceptors (Lipinski definition) is 0. The van der Waals surface area contributed by atoms with E-state index in [9.17, 15) is 0 Å². The van der Waals surface area contributed by atoms with Crippen molar-refractivity contribution in [3.05, 3.63) is 24.8 Å². The summed E-state index contributed by atoms with van der Waals surface area (Å²) in [6, 6.07) is 0. The molecule has 0 radical (unpaired) electrons. The van der Waals surface area contributed by atoms with E-state index in [1.54, 1.807) is 6.08 Å². The van der Waals surface area contributed by atoms with Crippen LogP contribution < -0.4 is 0 Å². The van der Waals surface area contributed by atoms with Crippen LogP contribution >= 0.6 is 0 Å². The molecule has 0 N–H and O–H groups in total. The van der Waals surface area contributed by atoms with E-state index >= 15 is 0 Å². The molecule has 0 saturated heterocycles. The summed E-state index contributed by atoms with van der Waals surface area (Å²) in [6.45, 7) is 9.54. The average Bonchev–Trinajstić information content (AvgIpc) is 1.86. The first-order valence-corrected chi connectivity index (χ1v) is 3.55. The van der Waals surface area contributed by atoms with Crippen LogP contribution in [0, 0.1) is 0 Å². The molecule has 0 heterocycles. The maximum Gasteiger partial charge on any atom is -0.0379 e. The zero-order valence-electron chi connectivity index (χ0n) is 6.85. The minimum Gasteiger partial charge on any atom is -0.103 e. The van der Waals surface area contributed by atoms with Crippen LogP contribution in [0.25, 0.3) is 0 Å². The van der Waals surface area contributed by atoms with E-state index in [0.29, 0.717) is 0 Å². The van der Waals surface area contributed by atoms with E-state index in [1.165, 1.54) is 12.8 Å². The maximum absolute atomic E-state index is 3.36. The van der Waals surface area contributed by atoms with Gasteiger partial charge in [0.05, 0.1) is 0 Å². The Labute approximate surface area is 59.3 Å². The van der Waals surface area contributed by atoms with E-state index in [4.69, 9.17) is 0 Å². The van der Waals surface area contributed by atoms with Crippen LogP contribution in [0.2, 0.25) is 0 Å². The highest BCUT2D eigenvalue weighted by Gasteiger charge is 1.60. The first-order chi connectivity index (χ1) is 4.33. The second-order valence-corrected chi connectivity index (χ2v) is 1.70. The fourth-order valence-electron chi connectivity index (χ4n) is 0.333. The topological polar surface area (TPSA) is 0 Å². The Hall–Kier alpha value is -0.520. The van der Waals surface area contributed by atoms with Crippen LogP contribution in [0.1, 0.15) is 33.6 Å². The third kappa shape index (κ3) is 36.5. The van der Waals surface area contributed by atoms with Crippen LogP contribution in [0.15, 0.2) is 24.8 Å². The summed E-state index contributed by atoms with van der Waals surface area (Å²) in [7, 11) is 0. The van der Waals surface area contributed by atoms with E-state index < -0.39 is 0 Å². The van der Waals surface area contributed by atoms with E-state index in [2.05, 4.69) is 32.6 Å². The van der Waals surface area contributed by atoms with Crippen molar-refractivity contribution in [2.45, 2.75) is 33.6 Å². The highest BCUT2D eigenvalue weighted by atomic mass is 13.7. The maximum atomic E-state index is 3.36. The van der Waals surface area contributed by atoms with Crippen LogP contribution in [0.4, 0.5) is 0 Å². The molecular weight excluding hydrogens is 108 g/mol. The van der Waals surface area contributed by atoms with E-state index in [0.717, 1.165) is 0 Å². The van der Waals surface area contributed by atoms with Crippen LogP contribution in [0.3, 0.4) is 0 Å². The molecular formula is C9H18. The summed E-state index contributed by atoms with van der Waals surface area (Å²) in [6.07, 6.45) is 8.46. The molecule has 0 aromatic carbocycles. The molecule has 0 rings (SSSR count). The molecule has 0 aromatic rings. The molecule has 0 aliphatic rings. The SMILES string of the molecule is C=CC.CC/C=C/CC. The quantitative estimate of drug-likeness (QED) is 0.496. The molecule has 0 aliphatic carbocycles. The molecule has 0 bridgehead atoms. The van der Waals surface area contributed by atoms with Crippen molar-refractivity contribution in [2.24, 2.45) is 0 Å². The second-order valence-electron chi connectivity index (χ2n) is 1.70. The van der Waals surface area contributed by atoms with Crippen molar-refractivity contribution in [1.29, 1.82) is 0 Å². The Morgan fingerprint density at radius 2 is 1.33 bits per heavy atom. The Bertz CT molecular complexity index is 54.4. The van der Waals surface area contributed by atoms with Gasteiger partial charge in [-0.15, -0.1) is 6.58 Å². The third-order valence-corrected chi connectivity index (χ3v) is 0.638. The zero-order chi connectivity index (χ0) is 7.54. The molecule has 0 aromatic heterocycles. The minimum absolute atomic E-state index is 1.17. The van der Waals surface area contributed by atoms with Gasteiger partial charge in [-0.1, -0.05) is 32.1 Å². The molecule has 0 nitrogen and oxygen atoms in total. The smallest absolute Gasteiger partial charge is 0.0379 e. The van der Waals surface area contributed by atoms with Gasteiger partial charge in [-0.2, -0.15) is 0 Å². The van der Waals surface area contributed by atoms with E-state index in [-0.39, 0.29) is 0 Å². The predicted octanol–water partition coefficient (Wildman–Crippen LogP) is 3.55. The molecule has 0 fully saturated rings. The molecule has 0 spiro atoms. The lowest BCUT2D eigenvalue weighted by Crippen LogP contribution is -1.51. The minimum atomic E-state index is 1.17. The summed E-state index contributed by atoms with van der Waals surface area (Å²) in [5.41, 5.74) is 0. The van der Waals surface area contributed by atoms with Crippen LogP contribution in [0.5, 0.6) is 0 Å². The summed E-state index contributed by atoms with van der Waals surface area (Å²) in [5.74, 6) is 0. The summed E-state index contributed by atoms with van der Waals surface area (Å²) in [5, 5.41) is 0. The largest absolute Gasteiger partial charge is 0.103 e. The number of allylic oxidation sites excluding steroid dienone is 3. The van der Waals surface area contributed by atoms with Crippen molar-refractivity contribution in [1.82, 2.24) is 0 Å². The molecule has 54 valence electrons. The first kappa shape index (κ1) is 11.3. The monoisotopic (exact) mass is 126 g/mol. The summed E-state index contributed by atoms with van der Waals surface area (Å²) < 4.78 is 0. The normalized spacial score (nSPS) is 8.33. The summed E-state index contributed by atoms with van der Waals surface area (Å²) >= 11 is 0. The molecule has 9 heavy (non-hydrogen) atoms. The molecule has 0 heteroatoms. The summed E-state index contributed by atoms with van der Waals surface area (Å²) in [4.78, 5) is 0. The Balaban J connectivity index is 0. The van der Waals surface area contributed by atoms with Gasteiger partial charge in [-0.05, 0) is 19.8 Å².